The summed E-state index contributed by atoms with van der Waals surface area (Å²) in [5, 5.41) is 4.02. The van der Waals surface area contributed by atoms with E-state index in [9.17, 15) is 0 Å². The Morgan fingerprint density at radius 3 is 2.82 bits per heavy atom. The van der Waals surface area contributed by atoms with E-state index in [2.05, 4.69) is 21.2 Å². The molecule has 2 N–H and O–H groups in total. The van der Waals surface area contributed by atoms with Crippen LogP contribution < -0.4 is 5.73 Å². The number of thioether (sulfide) groups is 1. The Balaban J connectivity index is 0.00000144. The number of fused-ring (bicyclic) bond motifs is 1. The molecule has 1 fully saturated rings. The van der Waals surface area contributed by atoms with Gasteiger partial charge < -0.3 is 10.3 Å². The van der Waals surface area contributed by atoms with Crippen LogP contribution in [0.15, 0.2) is 33.1 Å². The van der Waals surface area contributed by atoms with Crippen LogP contribution in [0.1, 0.15) is 31.0 Å². The zero-order valence-corrected chi connectivity index (χ0v) is 14.1. The van der Waals surface area contributed by atoms with E-state index < -0.39 is 0 Å². The minimum absolute atomic E-state index is 0. The van der Waals surface area contributed by atoms with Crippen molar-refractivity contribution in [3.05, 3.63) is 36.0 Å². The van der Waals surface area contributed by atoms with E-state index in [0.29, 0.717) is 17.5 Å². The summed E-state index contributed by atoms with van der Waals surface area (Å²) in [7, 11) is 0. The first kappa shape index (κ1) is 15.7. The highest BCUT2D eigenvalue weighted by molar-refractivity contribution is 8.00. The van der Waals surface area contributed by atoms with Crippen LogP contribution in [0.3, 0.4) is 0 Å². The van der Waals surface area contributed by atoms with Gasteiger partial charge in [-0.2, -0.15) is 4.98 Å². The van der Waals surface area contributed by atoms with Gasteiger partial charge in [0.25, 0.3) is 0 Å². The van der Waals surface area contributed by atoms with Crippen LogP contribution in [-0.4, -0.2) is 15.1 Å². The molecule has 22 heavy (non-hydrogen) atoms. The zero-order valence-electron chi connectivity index (χ0n) is 11.7. The number of halogens is 1. The fourth-order valence-corrected chi connectivity index (χ4v) is 4.24. The first-order valence-electron chi connectivity index (χ1n) is 6.83. The minimum atomic E-state index is -0.359. The fourth-order valence-electron chi connectivity index (χ4n) is 2.33. The molecule has 8 heteroatoms. The Kier molecular flexibility index (Phi) is 4.40. The van der Waals surface area contributed by atoms with Gasteiger partial charge in [-0.1, -0.05) is 29.1 Å². The van der Waals surface area contributed by atoms with E-state index in [1.807, 2.05) is 18.2 Å². The molecule has 1 aliphatic carbocycles. The second-order valence-corrected chi connectivity index (χ2v) is 7.51. The summed E-state index contributed by atoms with van der Waals surface area (Å²) in [6, 6.07) is 8.13. The van der Waals surface area contributed by atoms with Gasteiger partial charge in [0.05, 0.1) is 21.5 Å². The molecule has 4 rings (SSSR count). The fraction of sp³-hybridized carbons (Fsp3) is 0.357. The number of hydrogen-bond acceptors (Lipinski definition) is 7. The third kappa shape index (κ3) is 2.86. The zero-order chi connectivity index (χ0) is 14.3. The molecule has 0 unspecified atom stereocenters. The van der Waals surface area contributed by atoms with Crippen molar-refractivity contribution in [1.82, 2.24) is 15.1 Å². The van der Waals surface area contributed by atoms with Crippen molar-refractivity contribution in [3.8, 4) is 0 Å². The van der Waals surface area contributed by atoms with Gasteiger partial charge in [-0.15, -0.1) is 23.7 Å². The molecule has 5 nitrogen and oxygen atoms in total. The normalized spacial score (nSPS) is 16.2. The molecule has 3 aromatic rings. The van der Waals surface area contributed by atoms with Crippen molar-refractivity contribution < 1.29 is 4.52 Å². The lowest BCUT2D eigenvalue weighted by molar-refractivity contribution is 0.229. The van der Waals surface area contributed by atoms with E-state index in [0.717, 1.165) is 29.1 Å². The summed E-state index contributed by atoms with van der Waals surface area (Å²) in [5.74, 6) is 1.89. The Labute approximate surface area is 142 Å². The van der Waals surface area contributed by atoms with Gasteiger partial charge in [0.15, 0.2) is 10.2 Å². The van der Waals surface area contributed by atoms with Gasteiger partial charge in [-0.3, -0.25) is 0 Å². The summed E-state index contributed by atoms with van der Waals surface area (Å²) in [4.78, 5) is 9.00. The van der Waals surface area contributed by atoms with E-state index >= 15 is 0 Å². The van der Waals surface area contributed by atoms with Crippen molar-refractivity contribution in [3.63, 3.8) is 0 Å². The number of hydrogen-bond donors (Lipinski definition) is 1. The van der Waals surface area contributed by atoms with Crippen LogP contribution in [-0.2, 0) is 11.3 Å². The molecular weight excluding hydrogens is 340 g/mol. The predicted octanol–water partition coefficient (Wildman–Crippen LogP) is 3.73. The molecule has 0 spiro atoms. The van der Waals surface area contributed by atoms with Crippen LogP contribution in [0.2, 0.25) is 0 Å². The average molecular weight is 355 g/mol. The molecule has 116 valence electrons. The monoisotopic (exact) mass is 354 g/mol. The molecule has 0 saturated heterocycles. The number of thiazole rings is 1. The molecule has 0 atom stereocenters. The van der Waals surface area contributed by atoms with Gasteiger partial charge in [-0.25, -0.2) is 4.98 Å². The molecular formula is C14H15ClN4OS2. The van der Waals surface area contributed by atoms with Gasteiger partial charge in [0.2, 0.25) is 5.89 Å². The predicted molar refractivity (Wildman–Crippen MR) is 90.4 cm³/mol. The maximum Gasteiger partial charge on any atom is 0.237 e. The summed E-state index contributed by atoms with van der Waals surface area (Å²) in [6.07, 6.45) is 3.02. The molecule has 1 aromatic carbocycles. The van der Waals surface area contributed by atoms with E-state index in [-0.39, 0.29) is 17.9 Å². The Morgan fingerprint density at radius 1 is 1.27 bits per heavy atom. The van der Waals surface area contributed by atoms with E-state index in [1.54, 1.807) is 23.1 Å². The van der Waals surface area contributed by atoms with Gasteiger partial charge in [0.1, 0.15) is 0 Å². The molecule has 2 heterocycles. The molecule has 1 saturated carbocycles. The standard InChI is InChI=1S/C14H14N4OS2.ClH/c15-14(6-3-7-14)12-17-11(19-18-12)8-20-13-16-9-4-1-2-5-10(9)21-13;/h1-2,4-5H,3,6-8,15H2;1H. The number of benzene rings is 1. The number of para-hydroxylation sites is 1. The Hall–Kier alpha value is -1.15. The first-order valence-corrected chi connectivity index (χ1v) is 8.63. The van der Waals surface area contributed by atoms with Crippen molar-refractivity contribution >= 4 is 45.7 Å². The van der Waals surface area contributed by atoms with E-state index in [1.165, 1.54) is 4.70 Å². The molecule has 2 aromatic heterocycles. The Bertz CT molecular complexity index is 751. The Morgan fingerprint density at radius 2 is 2.09 bits per heavy atom. The minimum Gasteiger partial charge on any atom is -0.338 e. The summed E-state index contributed by atoms with van der Waals surface area (Å²) < 4.78 is 7.51. The topological polar surface area (TPSA) is 77.8 Å². The highest BCUT2D eigenvalue weighted by Crippen LogP contribution is 2.37. The number of aromatic nitrogens is 3. The third-order valence-corrected chi connectivity index (χ3v) is 5.92. The van der Waals surface area contributed by atoms with Gasteiger partial charge >= 0.3 is 0 Å². The van der Waals surface area contributed by atoms with Gasteiger partial charge in [0, 0.05) is 0 Å². The molecule has 1 aliphatic rings. The third-order valence-electron chi connectivity index (χ3n) is 3.75. The SMILES string of the molecule is Cl.NC1(c2noc(CSc3nc4ccccc4s3)n2)CCC1. The van der Waals surface area contributed by atoms with Crippen molar-refractivity contribution in [2.24, 2.45) is 5.73 Å². The smallest absolute Gasteiger partial charge is 0.237 e. The van der Waals surface area contributed by atoms with Crippen LogP contribution in [0.5, 0.6) is 0 Å². The average Bonchev–Trinajstić information content (AvgIpc) is 3.09. The lowest BCUT2D eigenvalue weighted by Crippen LogP contribution is -2.44. The van der Waals surface area contributed by atoms with Crippen molar-refractivity contribution in [1.29, 1.82) is 0 Å². The molecule has 0 aliphatic heterocycles. The molecule has 0 radical (unpaired) electrons. The quantitative estimate of drug-likeness (QED) is 0.719. The lowest BCUT2D eigenvalue weighted by atomic mass is 9.77. The number of rotatable bonds is 4. The lowest BCUT2D eigenvalue weighted by Gasteiger charge is -2.34. The second kappa shape index (κ2) is 6.16. The van der Waals surface area contributed by atoms with Gasteiger partial charge in [-0.05, 0) is 31.4 Å². The van der Waals surface area contributed by atoms with E-state index in [4.69, 9.17) is 10.3 Å². The maximum absolute atomic E-state index is 6.19. The first-order chi connectivity index (χ1) is 10.2. The summed E-state index contributed by atoms with van der Waals surface area (Å²) in [5.41, 5.74) is 6.87. The molecule has 0 bridgehead atoms. The highest BCUT2D eigenvalue weighted by atomic mass is 35.5. The summed E-state index contributed by atoms with van der Waals surface area (Å²) in [6.45, 7) is 0. The van der Waals surface area contributed by atoms with Crippen LogP contribution in [0.25, 0.3) is 10.2 Å². The van der Waals surface area contributed by atoms with Crippen LogP contribution >= 0.6 is 35.5 Å². The van der Waals surface area contributed by atoms with Crippen molar-refractivity contribution in [2.75, 3.05) is 0 Å². The summed E-state index contributed by atoms with van der Waals surface area (Å²) >= 11 is 3.30. The number of nitrogens with two attached hydrogens (primary N) is 1. The highest BCUT2D eigenvalue weighted by Gasteiger charge is 2.38. The largest absolute Gasteiger partial charge is 0.338 e. The van der Waals surface area contributed by atoms with Crippen LogP contribution in [0, 0.1) is 0 Å². The van der Waals surface area contributed by atoms with Crippen molar-refractivity contribution in [2.45, 2.75) is 34.9 Å². The van der Waals surface area contributed by atoms with Crippen LogP contribution in [0.4, 0.5) is 0 Å². The number of nitrogens with zero attached hydrogens (tertiary/aromatic N) is 3. The second-order valence-electron chi connectivity index (χ2n) is 5.26. The maximum atomic E-state index is 6.19. The molecule has 0 amide bonds.